The Morgan fingerprint density at radius 3 is 2.52 bits per heavy atom. The summed E-state index contributed by atoms with van der Waals surface area (Å²) in [6, 6.07) is 10.5. The van der Waals surface area contributed by atoms with Crippen LogP contribution in [-0.4, -0.2) is 35.0 Å². The third-order valence-corrected chi connectivity index (χ3v) is 5.69. The van der Waals surface area contributed by atoms with E-state index in [0.717, 1.165) is 16.7 Å². The Morgan fingerprint density at radius 2 is 1.83 bits per heavy atom. The first kappa shape index (κ1) is 21.4. The highest BCUT2D eigenvalue weighted by atomic mass is 35.5. The monoisotopic (exact) mass is 452 g/mol. The first-order valence-corrected chi connectivity index (χ1v) is 10.1. The van der Waals surface area contributed by atoms with Crippen LogP contribution in [0.1, 0.15) is 11.1 Å². The van der Waals surface area contributed by atoms with Crippen molar-refractivity contribution in [2.45, 2.75) is 6.42 Å². The van der Waals surface area contributed by atoms with E-state index in [2.05, 4.69) is 5.32 Å². The van der Waals surface area contributed by atoms with Gasteiger partial charge in [-0.2, -0.15) is 0 Å². The van der Waals surface area contributed by atoms with Gasteiger partial charge in [0.05, 0.1) is 21.4 Å². The average molecular weight is 453 g/mol. The minimum atomic E-state index is -0.442. The maximum absolute atomic E-state index is 13.0. The van der Waals surface area contributed by atoms with E-state index in [1.807, 2.05) is 0 Å². The molecule has 2 aromatic carbocycles. The topological polar surface area (TPSA) is 66.5 Å². The number of carbonyl (C=O) groups excluding carboxylic acids is 3. The highest BCUT2D eigenvalue weighted by Gasteiger charge is 2.34. The van der Waals surface area contributed by atoms with Crippen molar-refractivity contribution >= 4 is 58.1 Å². The maximum Gasteiger partial charge on any atom is 0.293 e. The lowest BCUT2D eigenvalue weighted by atomic mass is 10.1. The summed E-state index contributed by atoms with van der Waals surface area (Å²) in [6.45, 7) is 0.181. The molecule has 1 aliphatic heterocycles. The number of thioether (sulfide) groups is 1. The van der Waals surface area contributed by atoms with Crippen LogP contribution < -0.4 is 5.32 Å². The van der Waals surface area contributed by atoms with Crippen LogP contribution >= 0.6 is 35.0 Å². The average Bonchev–Trinajstić information content (AvgIpc) is 2.94. The van der Waals surface area contributed by atoms with Crippen molar-refractivity contribution in [2.24, 2.45) is 0 Å². The Morgan fingerprint density at radius 1 is 1.10 bits per heavy atom. The van der Waals surface area contributed by atoms with E-state index in [0.29, 0.717) is 21.2 Å². The maximum atomic E-state index is 13.0. The molecule has 0 radical (unpaired) electrons. The third kappa shape index (κ3) is 5.59. The van der Waals surface area contributed by atoms with Crippen molar-refractivity contribution in [2.75, 3.05) is 13.1 Å². The number of benzene rings is 2. The summed E-state index contributed by atoms with van der Waals surface area (Å²) in [7, 11) is 0. The molecule has 1 fully saturated rings. The Kier molecular flexibility index (Phi) is 6.95. The molecule has 3 amide bonds. The highest BCUT2D eigenvalue weighted by molar-refractivity contribution is 8.18. The highest BCUT2D eigenvalue weighted by Crippen LogP contribution is 2.31. The molecule has 1 N–H and O–H groups in total. The normalized spacial score (nSPS) is 15.3. The summed E-state index contributed by atoms with van der Waals surface area (Å²) in [4.78, 5) is 37.9. The molecule has 5 nitrogen and oxygen atoms in total. The van der Waals surface area contributed by atoms with Gasteiger partial charge in [0.1, 0.15) is 5.82 Å². The predicted molar refractivity (Wildman–Crippen MR) is 112 cm³/mol. The number of nitrogens with zero attached hydrogens (tertiary/aromatic N) is 1. The van der Waals surface area contributed by atoms with Gasteiger partial charge in [-0.05, 0) is 53.2 Å². The van der Waals surface area contributed by atoms with Gasteiger partial charge in [0, 0.05) is 13.1 Å². The molecule has 29 heavy (non-hydrogen) atoms. The first-order valence-electron chi connectivity index (χ1n) is 8.55. The van der Waals surface area contributed by atoms with Crippen LogP contribution in [0.15, 0.2) is 47.4 Å². The largest absolute Gasteiger partial charge is 0.354 e. The van der Waals surface area contributed by atoms with Crippen LogP contribution in [0.5, 0.6) is 0 Å². The molecular weight excluding hydrogens is 438 g/mol. The van der Waals surface area contributed by atoms with Crippen molar-refractivity contribution in [3.8, 4) is 0 Å². The summed E-state index contributed by atoms with van der Waals surface area (Å²) in [5.74, 6) is -1.09. The van der Waals surface area contributed by atoms with Gasteiger partial charge in [-0.3, -0.25) is 19.3 Å². The van der Waals surface area contributed by atoms with E-state index in [-0.39, 0.29) is 36.1 Å². The second kappa shape index (κ2) is 9.43. The summed E-state index contributed by atoms with van der Waals surface area (Å²) >= 11 is 12.6. The molecule has 0 unspecified atom stereocenters. The van der Waals surface area contributed by atoms with E-state index in [1.165, 1.54) is 30.3 Å². The van der Waals surface area contributed by atoms with Crippen molar-refractivity contribution in [3.05, 3.63) is 74.4 Å². The zero-order valence-corrected chi connectivity index (χ0v) is 17.3. The smallest absolute Gasteiger partial charge is 0.293 e. The van der Waals surface area contributed by atoms with Crippen LogP contribution in [0.25, 0.3) is 6.08 Å². The van der Waals surface area contributed by atoms with Gasteiger partial charge in [-0.1, -0.05) is 41.4 Å². The fraction of sp³-hybridized carbons (Fsp3) is 0.150. The van der Waals surface area contributed by atoms with Crippen LogP contribution in [0.2, 0.25) is 10.0 Å². The molecule has 0 aromatic heterocycles. The first-order chi connectivity index (χ1) is 13.8. The Balaban J connectivity index is 1.53. The molecule has 0 spiro atoms. The van der Waals surface area contributed by atoms with E-state index in [1.54, 1.807) is 18.2 Å². The predicted octanol–water partition coefficient (Wildman–Crippen LogP) is 4.53. The van der Waals surface area contributed by atoms with E-state index in [9.17, 15) is 18.8 Å². The molecule has 1 heterocycles. The lowest BCUT2D eigenvalue weighted by Crippen LogP contribution is -2.37. The van der Waals surface area contributed by atoms with Gasteiger partial charge in [0.2, 0.25) is 5.91 Å². The second-order valence-corrected chi connectivity index (χ2v) is 7.97. The SMILES string of the molecule is O=C(Cc1ccc(Cl)c(Cl)c1)NCCN1C(=O)S/C(=C\c2ccc(F)cc2)C1=O. The molecule has 2 aromatic rings. The molecule has 0 saturated carbocycles. The van der Waals surface area contributed by atoms with E-state index < -0.39 is 11.1 Å². The Hall–Kier alpha value is -2.35. The second-order valence-electron chi connectivity index (χ2n) is 6.16. The van der Waals surface area contributed by atoms with Gasteiger partial charge in [0.15, 0.2) is 0 Å². The fourth-order valence-electron chi connectivity index (χ4n) is 2.61. The van der Waals surface area contributed by atoms with Gasteiger partial charge in [0.25, 0.3) is 11.1 Å². The standard InChI is InChI=1S/C20H15Cl2FN2O3S/c21-15-6-3-13(9-16(15)22)11-18(26)24-7-8-25-19(27)17(29-20(25)28)10-12-1-4-14(23)5-2-12/h1-6,9-10H,7-8,11H2,(H,24,26)/b17-10-. The quantitative estimate of drug-likeness (QED) is 0.653. The summed E-state index contributed by atoms with van der Waals surface area (Å²) in [5, 5.41) is 3.03. The fourth-order valence-corrected chi connectivity index (χ4v) is 3.79. The molecule has 9 heteroatoms. The van der Waals surface area contributed by atoms with Crippen molar-refractivity contribution in [1.82, 2.24) is 10.2 Å². The van der Waals surface area contributed by atoms with E-state index >= 15 is 0 Å². The molecule has 0 atom stereocenters. The lowest BCUT2D eigenvalue weighted by molar-refractivity contribution is -0.124. The van der Waals surface area contributed by atoms with Gasteiger partial charge in [-0.25, -0.2) is 4.39 Å². The Labute approximate surface area is 180 Å². The van der Waals surface area contributed by atoms with Crippen molar-refractivity contribution < 1.29 is 18.8 Å². The van der Waals surface area contributed by atoms with E-state index in [4.69, 9.17) is 23.2 Å². The number of amides is 3. The molecule has 1 saturated heterocycles. The number of carbonyl (C=O) groups is 3. The number of halogens is 3. The summed E-state index contributed by atoms with van der Waals surface area (Å²) < 4.78 is 13.0. The number of hydrogen-bond donors (Lipinski definition) is 1. The Bertz CT molecular complexity index is 996. The third-order valence-electron chi connectivity index (χ3n) is 4.05. The number of hydrogen-bond acceptors (Lipinski definition) is 4. The van der Waals surface area contributed by atoms with Crippen LogP contribution in [-0.2, 0) is 16.0 Å². The van der Waals surface area contributed by atoms with Gasteiger partial charge >= 0.3 is 0 Å². The van der Waals surface area contributed by atoms with Crippen molar-refractivity contribution in [3.63, 3.8) is 0 Å². The summed E-state index contributed by atoms with van der Waals surface area (Å²) in [6.07, 6.45) is 1.64. The molecule has 1 aliphatic rings. The molecular formula is C20H15Cl2FN2O3S. The van der Waals surface area contributed by atoms with Crippen LogP contribution in [0.4, 0.5) is 9.18 Å². The molecule has 0 aliphatic carbocycles. The van der Waals surface area contributed by atoms with Crippen molar-refractivity contribution in [1.29, 1.82) is 0 Å². The number of rotatable bonds is 6. The molecule has 3 rings (SSSR count). The minimum Gasteiger partial charge on any atom is -0.354 e. The number of imide groups is 1. The zero-order chi connectivity index (χ0) is 21.0. The van der Waals surface area contributed by atoms with Crippen LogP contribution in [0, 0.1) is 5.82 Å². The zero-order valence-electron chi connectivity index (χ0n) is 15.0. The molecule has 150 valence electrons. The van der Waals surface area contributed by atoms with Gasteiger partial charge < -0.3 is 5.32 Å². The molecule has 0 bridgehead atoms. The van der Waals surface area contributed by atoms with Crippen LogP contribution in [0.3, 0.4) is 0 Å². The van der Waals surface area contributed by atoms with Gasteiger partial charge in [-0.15, -0.1) is 0 Å². The lowest BCUT2D eigenvalue weighted by Gasteiger charge is -2.13. The summed E-state index contributed by atoms with van der Waals surface area (Å²) in [5.41, 5.74) is 1.32. The number of nitrogens with one attached hydrogen (secondary N) is 1. The minimum absolute atomic E-state index is 0.0541.